The minimum Gasteiger partial charge on any atom is -0.464 e. The lowest BCUT2D eigenvalue weighted by atomic mass is 10.2. The first-order chi connectivity index (χ1) is 10.8. The van der Waals surface area contributed by atoms with Crippen molar-refractivity contribution in [2.75, 3.05) is 19.1 Å². The van der Waals surface area contributed by atoms with Crippen LogP contribution in [-0.2, 0) is 28.7 Å². The SMILES string of the molecule is CC(=O)N[C@H]1CCOC1=O.CCOC(=O)[C@H](CCCl)NC(C)=O. The maximum Gasteiger partial charge on any atom is 0.328 e. The molecule has 1 saturated heterocycles. The summed E-state index contributed by atoms with van der Waals surface area (Å²) in [4.78, 5) is 42.9. The van der Waals surface area contributed by atoms with Gasteiger partial charge < -0.3 is 20.1 Å². The Hall–Kier alpha value is -1.83. The molecule has 0 aliphatic carbocycles. The molecule has 1 rings (SSSR count). The number of nitrogens with one attached hydrogen (secondary N) is 2. The van der Waals surface area contributed by atoms with Gasteiger partial charge in [-0.15, -0.1) is 11.6 Å². The van der Waals surface area contributed by atoms with Crippen molar-refractivity contribution in [1.82, 2.24) is 10.6 Å². The molecule has 9 heteroatoms. The zero-order chi connectivity index (χ0) is 17.8. The smallest absolute Gasteiger partial charge is 0.328 e. The molecule has 0 aromatic heterocycles. The normalized spacial score (nSPS) is 17.2. The molecule has 0 radical (unpaired) electrons. The number of carbonyl (C=O) groups excluding carboxylic acids is 4. The summed E-state index contributed by atoms with van der Waals surface area (Å²) < 4.78 is 9.36. The van der Waals surface area contributed by atoms with Crippen LogP contribution in [0, 0.1) is 0 Å². The van der Waals surface area contributed by atoms with E-state index < -0.39 is 18.1 Å². The Bertz CT molecular complexity index is 429. The molecule has 23 heavy (non-hydrogen) atoms. The molecule has 0 aromatic rings. The summed E-state index contributed by atoms with van der Waals surface area (Å²) >= 11 is 5.46. The van der Waals surface area contributed by atoms with Gasteiger partial charge in [0.15, 0.2) is 0 Å². The summed E-state index contributed by atoms with van der Waals surface area (Å²) in [5.41, 5.74) is 0. The van der Waals surface area contributed by atoms with Crippen molar-refractivity contribution < 1.29 is 28.7 Å². The number of alkyl halides is 1. The Labute approximate surface area is 140 Å². The van der Waals surface area contributed by atoms with Gasteiger partial charge in [-0.3, -0.25) is 9.59 Å². The number of rotatable bonds is 6. The van der Waals surface area contributed by atoms with E-state index >= 15 is 0 Å². The third-order valence-electron chi connectivity index (χ3n) is 2.66. The molecular formula is C14H23ClN2O6. The second kappa shape index (κ2) is 11.7. The van der Waals surface area contributed by atoms with E-state index in [9.17, 15) is 19.2 Å². The molecule has 2 atom stereocenters. The Morgan fingerprint density at radius 1 is 1.35 bits per heavy atom. The molecular weight excluding hydrogens is 328 g/mol. The fourth-order valence-corrected chi connectivity index (χ4v) is 1.94. The molecule has 0 saturated carbocycles. The number of amides is 2. The van der Waals surface area contributed by atoms with Crippen LogP contribution in [0.2, 0.25) is 0 Å². The fourth-order valence-electron chi connectivity index (χ4n) is 1.72. The van der Waals surface area contributed by atoms with Gasteiger partial charge in [0.2, 0.25) is 11.8 Å². The Balaban J connectivity index is 0.000000433. The largest absolute Gasteiger partial charge is 0.464 e. The summed E-state index contributed by atoms with van der Waals surface area (Å²) in [5, 5.41) is 4.95. The lowest BCUT2D eigenvalue weighted by Gasteiger charge is -2.14. The van der Waals surface area contributed by atoms with Gasteiger partial charge in [-0.1, -0.05) is 0 Å². The Morgan fingerprint density at radius 3 is 2.39 bits per heavy atom. The number of cyclic esters (lactones) is 1. The van der Waals surface area contributed by atoms with Gasteiger partial charge in [0.1, 0.15) is 12.1 Å². The lowest BCUT2D eigenvalue weighted by Crippen LogP contribution is -2.41. The van der Waals surface area contributed by atoms with E-state index in [1.807, 2.05) is 0 Å². The zero-order valence-corrected chi connectivity index (χ0v) is 14.3. The van der Waals surface area contributed by atoms with Crippen LogP contribution in [0.15, 0.2) is 0 Å². The molecule has 8 nitrogen and oxygen atoms in total. The van der Waals surface area contributed by atoms with E-state index in [0.29, 0.717) is 31.9 Å². The number of ether oxygens (including phenoxy) is 2. The summed E-state index contributed by atoms with van der Waals surface area (Å²) in [7, 11) is 0. The molecule has 0 spiro atoms. The first-order valence-electron chi connectivity index (χ1n) is 7.25. The Morgan fingerprint density at radius 2 is 2.00 bits per heavy atom. The van der Waals surface area contributed by atoms with E-state index in [1.165, 1.54) is 13.8 Å². The topological polar surface area (TPSA) is 111 Å². The second-order valence-corrected chi connectivity index (χ2v) is 5.07. The molecule has 0 bridgehead atoms. The molecule has 2 amide bonds. The van der Waals surface area contributed by atoms with Crippen LogP contribution in [-0.4, -0.2) is 54.9 Å². The maximum atomic E-state index is 11.2. The van der Waals surface area contributed by atoms with Crippen molar-refractivity contribution >= 4 is 35.4 Å². The number of carbonyl (C=O) groups is 4. The first kappa shape index (κ1) is 21.2. The van der Waals surface area contributed by atoms with Crippen molar-refractivity contribution in [3.63, 3.8) is 0 Å². The number of esters is 2. The van der Waals surface area contributed by atoms with Crippen molar-refractivity contribution in [2.45, 2.75) is 45.7 Å². The molecule has 2 N–H and O–H groups in total. The highest BCUT2D eigenvalue weighted by atomic mass is 35.5. The molecule has 1 aliphatic heterocycles. The molecule has 1 fully saturated rings. The van der Waals surface area contributed by atoms with Gasteiger partial charge in [0.25, 0.3) is 0 Å². The molecule has 0 unspecified atom stereocenters. The van der Waals surface area contributed by atoms with Crippen LogP contribution in [0.25, 0.3) is 0 Å². The van der Waals surface area contributed by atoms with Crippen LogP contribution in [0.4, 0.5) is 0 Å². The maximum absolute atomic E-state index is 11.2. The summed E-state index contributed by atoms with van der Waals surface area (Å²) in [6.07, 6.45) is 0.985. The summed E-state index contributed by atoms with van der Waals surface area (Å²) in [5.74, 6) is -0.899. The average molecular weight is 351 g/mol. The van der Waals surface area contributed by atoms with Crippen LogP contribution in [0.3, 0.4) is 0 Å². The van der Waals surface area contributed by atoms with E-state index in [1.54, 1.807) is 6.92 Å². The molecule has 1 aliphatic rings. The zero-order valence-electron chi connectivity index (χ0n) is 13.5. The van der Waals surface area contributed by atoms with Gasteiger partial charge >= 0.3 is 11.9 Å². The minimum absolute atomic E-state index is 0.191. The van der Waals surface area contributed by atoms with Crippen LogP contribution in [0.1, 0.15) is 33.6 Å². The second-order valence-electron chi connectivity index (χ2n) is 4.69. The number of hydrogen-bond acceptors (Lipinski definition) is 6. The molecule has 132 valence electrons. The number of hydrogen-bond donors (Lipinski definition) is 2. The molecule has 1 heterocycles. The monoisotopic (exact) mass is 350 g/mol. The first-order valence-corrected chi connectivity index (χ1v) is 7.78. The highest BCUT2D eigenvalue weighted by molar-refractivity contribution is 6.18. The quantitative estimate of drug-likeness (QED) is 0.520. The lowest BCUT2D eigenvalue weighted by molar-refractivity contribution is -0.147. The summed E-state index contributed by atoms with van der Waals surface area (Å²) in [6.45, 7) is 5.16. The van der Waals surface area contributed by atoms with Gasteiger partial charge in [-0.25, -0.2) is 9.59 Å². The average Bonchev–Trinajstić information content (AvgIpc) is 2.83. The van der Waals surface area contributed by atoms with Crippen molar-refractivity contribution in [1.29, 1.82) is 0 Å². The van der Waals surface area contributed by atoms with E-state index in [4.69, 9.17) is 16.3 Å². The van der Waals surface area contributed by atoms with Gasteiger partial charge in [-0.05, 0) is 13.3 Å². The predicted octanol–water partition coefficient (Wildman–Crippen LogP) is 0.121. The highest BCUT2D eigenvalue weighted by Crippen LogP contribution is 2.04. The van der Waals surface area contributed by atoms with Crippen molar-refractivity contribution in [3.05, 3.63) is 0 Å². The van der Waals surface area contributed by atoms with Gasteiger partial charge in [0, 0.05) is 26.1 Å². The van der Waals surface area contributed by atoms with E-state index in [0.717, 1.165) is 0 Å². The van der Waals surface area contributed by atoms with E-state index in [-0.39, 0.29) is 17.8 Å². The van der Waals surface area contributed by atoms with Gasteiger partial charge in [-0.2, -0.15) is 0 Å². The Kier molecular flexibility index (Phi) is 10.8. The highest BCUT2D eigenvalue weighted by Gasteiger charge is 2.26. The molecule has 0 aromatic carbocycles. The third-order valence-corrected chi connectivity index (χ3v) is 2.88. The fraction of sp³-hybridized carbons (Fsp3) is 0.714. The van der Waals surface area contributed by atoms with Crippen LogP contribution < -0.4 is 10.6 Å². The van der Waals surface area contributed by atoms with Crippen LogP contribution in [0.5, 0.6) is 0 Å². The third kappa shape index (κ3) is 9.72. The van der Waals surface area contributed by atoms with Crippen molar-refractivity contribution in [3.8, 4) is 0 Å². The van der Waals surface area contributed by atoms with Gasteiger partial charge in [0.05, 0.1) is 13.2 Å². The minimum atomic E-state index is -0.616. The summed E-state index contributed by atoms with van der Waals surface area (Å²) in [6, 6.07) is -1.02. The standard InChI is InChI=1S/C8H14ClNO3.C6H9NO3/c1-3-13-8(12)7(4-5-9)10-6(2)11;1-4(8)7-5-2-3-10-6(5)9/h7H,3-5H2,1-2H3,(H,10,11);5H,2-3H2,1H3,(H,7,8)/t7-;5-/m00/s1. The predicted molar refractivity (Wildman–Crippen MR) is 82.8 cm³/mol. The van der Waals surface area contributed by atoms with Crippen molar-refractivity contribution in [2.24, 2.45) is 0 Å². The van der Waals surface area contributed by atoms with Crippen LogP contribution >= 0.6 is 11.6 Å². The van der Waals surface area contributed by atoms with E-state index in [2.05, 4.69) is 15.4 Å². The number of halogens is 1.